The molecule has 5 heteroatoms. The van der Waals surface area contributed by atoms with Crippen molar-refractivity contribution in [3.63, 3.8) is 0 Å². The largest absolute Gasteiger partial charge is 0.336 e. The van der Waals surface area contributed by atoms with Gasteiger partial charge >= 0.3 is 0 Å². The minimum Gasteiger partial charge on any atom is -0.336 e. The average molecular weight is 337 g/mol. The molecule has 0 aliphatic carbocycles. The lowest BCUT2D eigenvalue weighted by molar-refractivity contribution is -0.130. The maximum atomic E-state index is 12.6. The van der Waals surface area contributed by atoms with E-state index in [2.05, 4.69) is 12.1 Å². The van der Waals surface area contributed by atoms with E-state index < -0.39 is 9.84 Å². The number of nitrogens with zero attached hydrogens (tertiary/aromatic N) is 1. The number of carbonyl (C=O) groups is 1. The first kappa shape index (κ1) is 18.0. The van der Waals surface area contributed by atoms with Gasteiger partial charge in [0.2, 0.25) is 5.91 Å². The van der Waals surface area contributed by atoms with Crippen LogP contribution < -0.4 is 0 Å². The molecule has 0 aromatic heterocycles. The van der Waals surface area contributed by atoms with Crippen molar-refractivity contribution in [2.45, 2.75) is 52.1 Å². The highest BCUT2D eigenvalue weighted by molar-refractivity contribution is 7.92. The third-order valence-electron chi connectivity index (χ3n) is 4.54. The molecule has 1 aliphatic rings. The van der Waals surface area contributed by atoms with Crippen LogP contribution in [0.5, 0.6) is 0 Å². The lowest BCUT2D eigenvalue weighted by atomic mass is 9.92. The first-order valence-corrected chi connectivity index (χ1v) is 10.1. The first-order valence-electron chi connectivity index (χ1n) is 8.28. The van der Waals surface area contributed by atoms with E-state index in [1.54, 1.807) is 4.90 Å². The second-order valence-electron chi connectivity index (χ2n) is 7.09. The van der Waals surface area contributed by atoms with Gasteiger partial charge < -0.3 is 4.90 Å². The van der Waals surface area contributed by atoms with E-state index in [0.717, 1.165) is 6.42 Å². The zero-order valence-electron chi connectivity index (χ0n) is 14.4. The van der Waals surface area contributed by atoms with Gasteiger partial charge in [-0.25, -0.2) is 8.42 Å². The summed E-state index contributed by atoms with van der Waals surface area (Å²) >= 11 is 0. The molecule has 2 rings (SSSR count). The van der Waals surface area contributed by atoms with Gasteiger partial charge in [0.05, 0.1) is 5.75 Å². The van der Waals surface area contributed by atoms with Gasteiger partial charge in [-0.3, -0.25) is 4.79 Å². The van der Waals surface area contributed by atoms with Crippen molar-refractivity contribution < 1.29 is 13.2 Å². The molecular formula is C18H27NO3S. The molecule has 128 valence electrons. The number of hydrogen-bond donors (Lipinski definition) is 0. The van der Waals surface area contributed by atoms with Crippen molar-refractivity contribution in [1.29, 1.82) is 0 Å². The van der Waals surface area contributed by atoms with Crippen LogP contribution in [0.15, 0.2) is 30.3 Å². The predicted molar refractivity (Wildman–Crippen MR) is 93.1 cm³/mol. The Balaban J connectivity index is 2.12. The molecule has 4 nitrogen and oxygen atoms in total. The standard InChI is InChI=1S/C18H27NO3S/c1-13(2)11-23(21,22)12-18(20)19-14(3)10-17(15(19)4)16-8-6-5-7-9-16/h5-9,13-15,17H,10-12H2,1-4H3. The average Bonchev–Trinajstić information content (AvgIpc) is 2.72. The third kappa shape index (κ3) is 4.34. The molecule has 0 spiro atoms. The van der Waals surface area contributed by atoms with Crippen LogP contribution in [0.4, 0.5) is 0 Å². The van der Waals surface area contributed by atoms with E-state index in [0.29, 0.717) is 0 Å². The Hall–Kier alpha value is -1.36. The van der Waals surface area contributed by atoms with Gasteiger partial charge in [-0.1, -0.05) is 44.2 Å². The number of likely N-dealkylation sites (tertiary alicyclic amines) is 1. The summed E-state index contributed by atoms with van der Waals surface area (Å²) in [5, 5.41) is 0. The molecular weight excluding hydrogens is 310 g/mol. The van der Waals surface area contributed by atoms with E-state index in [9.17, 15) is 13.2 Å². The normalized spacial score (nSPS) is 25.1. The molecule has 3 atom stereocenters. The first-order chi connectivity index (χ1) is 10.7. The van der Waals surface area contributed by atoms with Gasteiger partial charge in [-0.15, -0.1) is 0 Å². The fourth-order valence-electron chi connectivity index (χ4n) is 3.69. The molecule has 1 saturated heterocycles. The number of amides is 1. The summed E-state index contributed by atoms with van der Waals surface area (Å²) in [5.41, 5.74) is 1.21. The summed E-state index contributed by atoms with van der Waals surface area (Å²) < 4.78 is 24.3. The van der Waals surface area contributed by atoms with Crippen LogP contribution in [0.3, 0.4) is 0 Å². The van der Waals surface area contributed by atoms with E-state index in [-0.39, 0.29) is 41.3 Å². The van der Waals surface area contributed by atoms with E-state index >= 15 is 0 Å². The predicted octanol–water partition coefficient (Wildman–Crippen LogP) is 2.85. The van der Waals surface area contributed by atoms with Crippen LogP contribution in [0.25, 0.3) is 0 Å². The third-order valence-corrected chi connectivity index (χ3v) is 6.40. The second kappa shape index (κ2) is 7.04. The van der Waals surface area contributed by atoms with Crippen molar-refractivity contribution >= 4 is 15.7 Å². The highest BCUT2D eigenvalue weighted by Gasteiger charge is 2.40. The maximum Gasteiger partial charge on any atom is 0.238 e. The number of hydrogen-bond acceptors (Lipinski definition) is 3. The Morgan fingerprint density at radius 1 is 1.22 bits per heavy atom. The highest BCUT2D eigenvalue weighted by atomic mass is 32.2. The summed E-state index contributed by atoms with van der Waals surface area (Å²) in [6, 6.07) is 10.2. The lowest BCUT2D eigenvalue weighted by Gasteiger charge is -2.28. The van der Waals surface area contributed by atoms with Crippen LogP contribution in [-0.4, -0.2) is 42.8 Å². The Morgan fingerprint density at radius 3 is 2.39 bits per heavy atom. The van der Waals surface area contributed by atoms with Crippen LogP contribution >= 0.6 is 0 Å². The highest BCUT2D eigenvalue weighted by Crippen LogP contribution is 2.37. The smallest absolute Gasteiger partial charge is 0.238 e. The van der Waals surface area contributed by atoms with Crippen molar-refractivity contribution in [2.24, 2.45) is 5.92 Å². The fraction of sp³-hybridized carbons (Fsp3) is 0.611. The molecule has 1 amide bonds. The van der Waals surface area contributed by atoms with Gasteiger partial charge in [0.25, 0.3) is 0 Å². The van der Waals surface area contributed by atoms with E-state index in [4.69, 9.17) is 0 Å². The topological polar surface area (TPSA) is 54.5 Å². The monoisotopic (exact) mass is 337 g/mol. The second-order valence-corrected chi connectivity index (χ2v) is 9.20. The van der Waals surface area contributed by atoms with Gasteiger partial charge in [0.15, 0.2) is 9.84 Å². The SMILES string of the molecule is CC(C)CS(=O)(=O)CC(=O)N1C(C)CC(c2ccccc2)C1C. The Labute approximate surface area is 139 Å². The lowest BCUT2D eigenvalue weighted by Crippen LogP contribution is -2.43. The molecule has 0 bridgehead atoms. The Morgan fingerprint density at radius 2 is 1.83 bits per heavy atom. The Kier molecular flexibility index (Phi) is 5.50. The van der Waals surface area contributed by atoms with Crippen LogP contribution in [-0.2, 0) is 14.6 Å². The van der Waals surface area contributed by atoms with Gasteiger partial charge in [0, 0.05) is 18.0 Å². The molecule has 0 saturated carbocycles. The summed E-state index contributed by atoms with van der Waals surface area (Å²) in [7, 11) is -3.34. The molecule has 3 unspecified atom stereocenters. The zero-order valence-corrected chi connectivity index (χ0v) is 15.2. The van der Waals surface area contributed by atoms with Crippen LogP contribution in [0, 0.1) is 5.92 Å². The van der Waals surface area contributed by atoms with Crippen molar-refractivity contribution in [3.05, 3.63) is 35.9 Å². The van der Waals surface area contributed by atoms with Gasteiger partial charge in [0.1, 0.15) is 5.75 Å². The van der Waals surface area contributed by atoms with Crippen molar-refractivity contribution in [1.82, 2.24) is 4.90 Å². The summed E-state index contributed by atoms with van der Waals surface area (Å²) in [5.74, 6) is -0.260. The van der Waals surface area contributed by atoms with Gasteiger partial charge in [-0.05, 0) is 31.7 Å². The zero-order chi connectivity index (χ0) is 17.2. The molecule has 1 aromatic carbocycles. The summed E-state index contributed by atoms with van der Waals surface area (Å²) in [6.45, 7) is 7.74. The minimum atomic E-state index is -3.34. The van der Waals surface area contributed by atoms with Crippen LogP contribution in [0.2, 0.25) is 0 Å². The van der Waals surface area contributed by atoms with Crippen molar-refractivity contribution in [2.75, 3.05) is 11.5 Å². The molecule has 23 heavy (non-hydrogen) atoms. The summed E-state index contributed by atoms with van der Waals surface area (Å²) in [4.78, 5) is 14.4. The quantitative estimate of drug-likeness (QED) is 0.830. The van der Waals surface area contributed by atoms with Crippen LogP contribution in [0.1, 0.15) is 45.6 Å². The van der Waals surface area contributed by atoms with Crippen molar-refractivity contribution in [3.8, 4) is 0 Å². The molecule has 0 radical (unpaired) electrons. The van der Waals surface area contributed by atoms with Gasteiger partial charge in [-0.2, -0.15) is 0 Å². The number of rotatable bonds is 5. The summed E-state index contributed by atoms with van der Waals surface area (Å²) in [6.07, 6.45) is 0.876. The van der Waals surface area contributed by atoms with E-state index in [1.807, 2.05) is 45.9 Å². The Bertz CT molecular complexity index is 639. The number of carbonyl (C=O) groups excluding carboxylic acids is 1. The molecule has 1 heterocycles. The molecule has 1 aliphatic heterocycles. The number of sulfone groups is 1. The molecule has 1 fully saturated rings. The molecule has 1 aromatic rings. The minimum absolute atomic E-state index is 0.0224. The molecule has 0 N–H and O–H groups in total. The number of benzene rings is 1. The van der Waals surface area contributed by atoms with E-state index in [1.165, 1.54) is 5.56 Å². The fourth-order valence-corrected chi connectivity index (χ4v) is 5.35. The maximum absolute atomic E-state index is 12.6.